The van der Waals surface area contributed by atoms with Gasteiger partial charge in [-0.3, -0.25) is 0 Å². The smallest absolute Gasteiger partial charge is 0.317 e. The highest BCUT2D eigenvalue weighted by Gasteiger charge is 2.48. The van der Waals surface area contributed by atoms with Crippen molar-refractivity contribution in [2.75, 3.05) is 26.8 Å². The normalized spacial score (nSPS) is 23.2. The fraction of sp³-hybridized carbons (Fsp3) is 0.588. The van der Waals surface area contributed by atoms with Crippen molar-refractivity contribution in [3.8, 4) is 0 Å². The molecule has 7 heteroatoms. The number of amides is 2. The molecule has 1 aromatic rings. The van der Waals surface area contributed by atoms with Gasteiger partial charge in [0.1, 0.15) is 0 Å². The van der Waals surface area contributed by atoms with Gasteiger partial charge in [-0.1, -0.05) is 43.1 Å². The van der Waals surface area contributed by atoms with Gasteiger partial charge in [-0.15, -0.1) is 0 Å². The molecule has 1 fully saturated rings. The third-order valence-electron chi connectivity index (χ3n) is 4.76. The molecule has 0 unspecified atom stereocenters. The van der Waals surface area contributed by atoms with Crippen LogP contribution in [-0.4, -0.2) is 48.4 Å². The quantitative estimate of drug-likeness (QED) is 0.849. The van der Waals surface area contributed by atoms with Crippen molar-refractivity contribution in [1.82, 2.24) is 10.2 Å². The van der Waals surface area contributed by atoms with Crippen LogP contribution in [0.3, 0.4) is 0 Å². The number of urea groups is 1. The largest absolute Gasteiger partial charge is 0.387 e. The van der Waals surface area contributed by atoms with E-state index in [1.165, 1.54) is 0 Å². The molecule has 0 saturated carbocycles. The first kappa shape index (κ1) is 19.3. The summed E-state index contributed by atoms with van der Waals surface area (Å²) in [5.74, 6) is 0. The standard InChI is InChI=1S/C17H24Cl2N2O3/c1-16(2)10-21(7-6-17(16,23)11-24-3)15(22)20-9-12-4-5-13(18)8-14(12)19/h4-5,8,23H,6-7,9-11H2,1-3H3,(H,20,22)/t17-/m1/s1. The van der Waals surface area contributed by atoms with E-state index in [1.54, 1.807) is 30.2 Å². The number of carbonyl (C=O) groups excluding carboxylic acids is 1. The lowest BCUT2D eigenvalue weighted by atomic mass is 9.70. The Balaban J connectivity index is 1.96. The second-order valence-corrected chi connectivity index (χ2v) is 7.76. The zero-order valence-electron chi connectivity index (χ0n) is 14.2. The molecule has 2 N–H and O–H groups in total. The predicted molar refractivity (Wildman–Crippen MR) is 95.5 cm³/mol. The number of nitrogens with zero attached hydrogens (tertiary/aromatic N) is 1. The number of hydrogen-bond donors (Lipinski definition) is 2. The molecular weight excluding hydrogens is 351 g/mol. The Bertz CT molecular complexity index is 609. The molecule has 1 aromatic carbocycles. The molecule has 1 atom stereocenters. The number of piperidine rings is 1. The van der Waals surface area contributed by atoms with E-state index in [4.69, 9.17) is 27.9 Å². The number of aliphatic hydroxyl groups is 1. The molecule has 1 heterocycles. The Kier molecular flexibility index (Phi) is 6.02. The number of hydrogen-bond acceptors (Lipinski definition) is 3. The zero-order valence-corrected chi connectivity index (χ0v) is 15.7. The van der Waals surface area contributed by atoms with Crippen molar-refractivity contribution in [3.05, 3.63) is 33.8 Å². The minimum absolute atomic E-state index is 0.173. The van der Waals surface area contributed by atoms with E-state index in [9.17, 15) is 9.90 Å². The summed E-state index contributed by atoms with van der Waals surface area (Å²) in [6.45, 7) is 5.41. The van der Waals surface area contributed by atoms with Gasteiger partial charge < -0.3 is 20.1 Å². The maximum atomic E-state index is 12.4. The molecule has 1 aliphatic rings. The van der Waals surface area contributed by atoms with E-state index in [0.29, 0.717) is 36.1 Å². The van der Waals surface area contributed by atoms with Crippen LogP contribution in [0.2, 0.25) is 10.0 Å². The van der Waals surface area contributed by atoms with Crippen molar-refractivity contribution < 1.29 is 14.6 Å². The molecule has 2 amide bonds. The van der Waals surface area contributed by atoms with Gasteiger partial charge in [-0.05, 0) is 24.1 Å². The number of likely N-dealkylation sites (tertiary alicyclic amines) is 1. The van der Waals surface area contributed by atoms with Gasteiger partial charge in [0.25, 0.3) is 0 Å². The van der Waals surface area contributed by atoms with Gasteiger partial charge >= 0.3 is 6.03 Å². The molecule has 5 nitrogen and oxygen atoms in total. The van der Waals surface area contributed by atoms with E-state index >= 15 is 0 Å². The van der Waals surface area contributed by atoms with E-state index in [0.717, 1.165) is 5.56 Å². The van der Waals surface area contributed by atoms with E-state index in [1.807, 2.05) is 13.8 Å². The fourth-order valence-corrected chi connectivity index (χ4v) is 3.46. The first-order chi connectivity index (χ1) is 11.2. The van der Waals surface area contributed by atoms with Crippen LogP contribution in [0.15, 0.2) is 18.2 Å². The molecule has 0 aliphatic carbocycles. The van der Waals surface area contributed by atoms with Gasteiger partial charge in [0.05, 0.1) is 12.2 Å². The average Bonchev–Trinajstić information content (AvgIpc) is 2.49. The second-order valence-electron chi connectivity index (χ2n) is 6.91. The Labute approximate surface area is 152 Å². The van der Waals surface area contributed by atoms with Crippen LogP contribution >= 0.6 is 23.2 Å². The molecule has 0 spiro atoms. The third-order valence-corrected chi connectivity index (χ3v) is 5.34. The van der Waals surface area contributed by atoms with Crippen molar-refractivity contribution >= 4 is 29.2 Å². The lowest BCUT2D eigenvalue weighted by Crippen LogP contribution is -2.61. The number of ether oxygens (including phenoxy) is 1. The van der Waals surface area contributed by atoms with Crippen molar-refractivity contribution in [2.45, 2.75) is 32.4 Å². The van der Waals surface area contributed by atoms with Crippen LogP contribution in [0.1, 0.15) is 25.8 Å². The summed E-state index contributed by atoms with van der Waals surface area (Å²) in [5, 5.41) is 14.7. The highest BCUT2D eigenvalue weighted by Crippen LogP contribution is 2.38. The third kappa shape index (κ3) is 4.14. The predicted octanol–water partition coefficient (Wildman–Crippen LogP) is 3.31. The minimum Gasteiger partial charge on any atom is -0.387 e. The average molecular weight is 375 g/mol. The highest BCUT2D eigenvalue weighted by molar-refractivity contribution is 6.35. The summed E-state index contributed by atoms with van der Waals surface area (Å²) in [4.78, 5) is 14.2. The van der Waals surface area contributed by atoms with Crippen LogP contribution in [0.5, 0.6) is 0 Å². The number of nitrogens with one attached hydrogen (secondary N) is 1. The Morgan fingerprint density at radius 2 is 2.12 bits per heavy atom. The summed E-state index contributed by atoms with van der Waals surface area (Å²) in [6.07, 6.45) is 0.475. The lowest BCUT2D eigenvalue weighted by molar-refractivity contribution is -0.143. The van der Waals surface area contributed by atoms with E-state index < -0.39 is 11.0 Å². The van der Waals surface area contributed by atoms with Gasteiger partial charge in [-0.25, -0.2) is 4.79 Å². The second kappa shape index (κ2) is 7.48. The SMILES string of the molecule is COC[C@]1(O)CCN(C(=O)NCc2ccc(Cl)cc2Cl)CC1(C)C. The van der Waals surface area contributed by atoms with E-state index in [2.05, 4.69) is 5.32 Å². The monoisotopic (exact) mass is 374 g/mol. The number of halogens is 2. The van der Waals surface area contributed by atoms with Gasteiger partial charge in [0, 0.05) is 42.2 Å². The topological polar surface area (TPSA) is 61.8 Å². The van der Waals surface area contributed by atoms with Crippen LogP contribution in [0.25, 0.3) is 0 Å². The summed E-state index contributed by atoms with van der Waals surface area (Å²) in [6, 6.07) is 5.01. The van der Waals surface area contributed by atoms with Gasteiger partial charge in [0.2, 0.25) is 0 Å². The highest BCUT2D eigenvalue weighted by atomic mass is 35.5. The van der Waals surface area contributed by atoms with Crippen LogP contribution in [0, 0.1) is 5.41 Å². The molecule has 1 aliphatic heterocycles. The number of rotatable bonds is 4. The van der Waals surface area contributed by atoms with Crippen LogP contribution in [-0.2, 0) is 11.3 Å². The summed E-state index contributed by atoms with van der Waals surface area (Å²) < 4.78 is 5.15. The number of methoxy groups -OCH3 is 1. The molecule has 24 heavy (non-hydrogen) atoms. The lowest BCUT2D eigenvalue weighted by Gasteiger charge is -2.49. The summed E-state index contributed by atoms with van der Waals surface area (Å²) >= 11 is 12.0. The van der Waals surface area contributed by atoms with Crippen molar-refractivity contribution in [2.24, 2.45) is 5.41 Å². The Morgan fingerprint density at radius 1 is 1.42 bits per heavy atom. The van der Waals surface area contributed by atoms with Crippen molar-refractivity contribution in [3.63, 3.8) is 0 Å². The molecule has 134 valence electrons. The van der Waals surface area contributed by atoms with Crippen molar-refractivity contribution in [1.29, 1.82) is 0 Å². The summed E-state index contributed by atoms with van der Waals surface area (Å²) in [5.41, 5.74) is -0.587. The Morgan fingerprint density at radius 3 is 2.71 bits per heavy atom. The molecule has 1 saturated heterocycles. The zero-order chi connectivity index (χ0) is 18.0. The van der Waals surface area contributed by atoms with E-state index in [-0.39, 0.29) is 12.6 Å². The molecule has 0 aromatic heterocycles. The molecule has 0 radical (unpaired) electrons. The van der Waals surface area contributed by atoms with Crippen LogP contribution < -0.4 is 5.32 Å². The van der Waals surface area contributed by atoms with Crippen LogP contribution in [0.4, 0.5) is 4.79 Å². The molecule has 0 bridgehead atoms. The summed E-state index contributed by atoms with van der Waals surface area (Å²) in [7, 11) is 1.57. The minimum atomic E-state index is -0.933. The fourth-order valence-electron chi connectivity index (χ4n) is 2.99. The molecule has 2 rings (SSSR count). The number of benzene rings is 1. The maximum absolute atomic E-state index is 12.4. The van der Waals surface area contributed by atoms with Gasteiger partial charge in [-0.2, -0.15) is 0 Å². The first-order valence-electron chi connectivity index (χ1n) is 7.86. The first-order valence-corrected chi connectivity index (χ1v) is 8.62. The van der Waals surface area contributed by atoms with Gasteiger partial charge in [0.15, 0.2) is 0 Å². The maximum Gasteiger partial charge on any atom is 0.317 e. The molecular formula is C17H24Cl2N2O3. The number of carbonyl (C=O) groups is 1. The Hall–Kier alpha value is -1.01.